The van der Waals surface area contributed by atoms with Crippen molar-refractivity contribution in [2.24, 2.45) is 4.99 Å². The van der Waals surface area contributed by atoms with Crippen molar-refractivity contribution < 1.29 is 9.53 Å². The molecule has 1 aliphatic carbocycles. The van der Waals surface area contributed by atoms with Crippen LogP contribution in [0.3, 0.4) is 0 Å². The van der Waals surface area contributed by atoms with E-state index in [1.165, 1.54) is 0 Å². The summed E-state index contributed by atoms with van der Waals surface area (Å²) in [5.74, 6) is 0. The minimum Gasteiger partial charge on any atom is -0.371 e. The molecule has 0 spiro atoms. The number of rotatable bonds is 4. The molecule has 1 saturated carbocycles. The van der Waals surface area contributed by atoms with Crippen LogP contribution in [0.4, 0.5) is 0 Å². The molecule has 3 nitrogen and oxygen atoms in total. The van der Waals surface area contributed by atoms with Gasteiger partial charge in [-0.05, 0) is 24.8 Å². The van der Waals surface area contributed by atoms with E-state index < -0.39 is 0 Å². The number of benzene rings is 1. The van der Waals surface area contributed by atoms with Crippen LogP contribution in [0.1, 0.15) is 24.8 Å². The normalized spacial score (nSPS) is 24.0. The van der Waals surface area contributed by atoms with Crippen molar-refractivity contribution in [3.05, 3.63) is 35.9 Å². The molecule has 1 aromatic carbocycles. The van der Waals surface area contributed by atoms with Crippen LogP contribution in [0.25, 0.3) is 0 Å². The van der Waals surface area contributed by atoms with Crippen LogP contribution in [-0.4, -0.2) is 18.2 Å². The van der Waals surface area contributed by atoms with E-state index >= 15 is 0 Å². The predicted octanol–water partition coefficient (Wildman–Crippen LogP) is 2.46. The second-order valence-electron chi connectivity index (χ2n) is 4.05. The average Bonchev–Trinajstić information content (AvgIpc) is 2.76. The Labute approximate surface area is 95.2 Å². The van der Waals surface area contributed by atoms with Crippen molar-refractivity contribution in [2.75, 3.05) is 0 Å². The van der Waals surface area contributed by atoms with Gasteiger partial charge in [0.2, 0.25) is 6.08 Å². The molecule has 0 heterocycles. The van der Waals surface area contributed by atoms with Gasteiger partial charge in [0, 0.05) is 0 Å². The van der Waals surface area contributed by atoms with Gasteiger partial charge in [0.25, 0.3) is 0 Å². The van der Waals surface area contributed by atoms with E-state index in [-0.39, 0.29) is 12.1 Å². The molecule has 0 saturated heterocycles. The van der Waals surface area contributed by atoms with Crippen molar-refractivity contribution in [2.45, 2.75) is 38.0 Å². The van der Waals surface area contributed by atoms with Gasteiger partial charge in [-0.25, -0.2) is 4.79 Å². The Morgan fingerprint density at radius 3 is 2.88 bits per heavy atom. The Morgan fingerprint density at radius 1 is 1.31 bits per heavy atom. The number of ether oxygens (including phenoxy) is 1. The Kier molecular flexibility index (Phi) is 3.86. The second-order valence-corrected chi connectivity index (χ2v) is 4.05. The summed E-state index contributed by atoms with van der Waals surface area (Å²) in [5, 5.41) is 0. The summed E-state index contributed by atoms with van der Waals surface area (Å²) in [4.78, 5) is 14.0. The number of isocyanates is 1. The Bertz CT molecular complexity index is 371. The summed E-state index contributed by atoms with van der Waals surface area (Å²) >= 11 is 0. The lowest BCUT2D eigenvalue weighted by molar-refractivity contribution is 0.0362. The van der Waals surface area contributed by atoms with Gasteiger partial charge < -0.3 is 4.74 Å². The zero-order valence-corrected chi connectivity index (χ0v) is 9.13. The fraction of sp³-hybridized carbons (Fsp3) is 0.462. The zero-order valence-electron chi connectivity index (χ0n) is 9.13. The predicted molar refractivity (Wildman–Crippen MR) is 60.8 cm³/mol. The first-order chi connectivity index (χ1) is 7.90. The van der Waals surface area contributed by atoms with Crippen LogP contribution in [0.15, 0.2) is 35.3 Å². The van der Waals surface area contributed by atoms with Crippen molar-refractivity contribution in [1.29, 1.82) is 0 Å². The average molecular weight is 217 g/mol. The molecule has 0 aliphatic heterocycles. The van der Waals surface area contributed by atoms with E-state index in [0.717, 1.165) is 24.8 Å². The van der Waals surface area contributed by atoms with Crippen LogP contribution in [0.2, 0.25) is 0 Å². The van der Waals surface area contributed by atoms with E-state index in [9.17, 15) is 4.79 Å². The van der Waals surface area contributed by atoms with Gasteiger partial charge >= 0.3 is 0 Å². The maximum absolute atomic E-state index is 10.2. The van der Waals surface area contributed by atoms with Crippen LogP contribution < -0.4 is 0 Å². The maximum Gasteiger partial charge on any atom is 0.235 e. The van der Waals surface area contributed by atoms with E-state index in [2.05, 4.69) is 4.99 Å². The second kappa shape index (κ2) is 5.59. The minimum absolute atomic E-state index is 0.0150. The summed E-state index contributed by atoms with van der Waals surface area (Å²) in [5.41, 5.74) is 1.16. The highest BCUT2D eigenvalue weighted by atomic mass is 16.5. The van der Waals surface area contributed by atoms with Crippen molar-refractivity contribution in [3.8, 4) is 0 Å². The highest BCUT2D eigenvalue weighted by Crippen LogP contribution is 2.25. The number of aliphatic imine (C=N–C) groups is 1. The summed E-state index contributed by atoms with van der Waals surface area (Å²) in [7, 11) is 0. The minimum atomic E-state index is 0.0150. The van der Waals surface area contributed by atoms with E-state index in [4.69, 9.17) is 4.74 Å². The van der Waals surface area contributed by atoms with Gasteiger partial charge in [0.15, 0.2) is 0 Å². The molecule has 0 amide bonds. The van der Waals surface area contributed by atoms with Crippen molar-refractivity contribution in [3.63, 3.8) is 0 Å². The van der Waals surface area contributed by atoms with Gasteiger partial charge in [0.1, 0.15) is 0 Å². The van der Waals surface area contributed by atoms with Gasteiger partial charge in [-0.3, -0.25) is 0 Å². The molecule has 16 heavy (non-hydrogen) atoms. The fourth-order valence-corrected chi connectivity index (χ4v) is 2.09. The lowest BCUT2D eigenvalue weighted by Crippen LogP contribution is -2.21. The first-order valence-corrected chi connectivity index (χ1v) is 5.62. The molecule has 0 bridgehead atoms. The van der Waals surface area contributed by atoms with Crippen molar-refractivity contribution in [1.82, 2.24) is 0 Å². The molecular formula is C13H15NO2. The monoisotopic (exact) mass is 217 g/mol. The third-order valence-corrected chi connectivity index (χ3v) is 2.94. The molecule has 84 valence electrons. The van der Waals surface area contributed by atoms with E-state index in [1.54, 1.807) is 6.08 Å². The molecule has 1 aromatic rings. The van der Waals surface area contributed by atoms with Gasteiger partial charge in [0.05, 0.1) is 18.8 Å². The molecule has 0 unspecified atom stereocenters. The van der Waals surface area contributed by atoms with E-state index in [1.807, 2.05) is 30.3 Å². The number of nitrogens with zero attached hydrogens (tertiary/aromatic N) is 1. The van der Waals surface area contributed by atoms with Gasteiger partial charge in [-0.15, -0.1) is 0 Å². The molecule has 3 heteroatoms. The Balaban J connectivity index is 1.88. The fourth-order valence-electron chi connectivity index (χ4n) is 2.09. The molecule has 2 atom stereocenters. The lowest BCUT2D eigenvalue weighted by atomic mass is 10.2. The van der Waals surface area contributed by atoms with Crippen molar-refractivity contribution >= 4 is 6.08 Å². The maximum atomic E-state index is 10.2. The third-order valence-electron chi connectivity index (χ3n) is 2.94. The molecule has 1 fully saturated rings. The third kappa shape index (κ3) is 2.78. The Hall–Kier alpha value is -1.44. The smallest absolute Gasteiger partial charge is 0.235 e. The number of hydrogen-bond donors (Lipinski definition) is 0. The summed E-state index contributed by atoms with van der Waals surface area (Å²) in [6, 6.07) is 10.1. The largest absolute Gasteiger partial charge is 0.371 e. The number of hydrogen-bond acceptors (Lipinski definition) is 3. The summed E-state index contributed by atoms with van der Waals surface area (Å²) in [6.45, 7) is 0.594. The molecule has 0 aromatic heterocycles. The van der Waals surface area contributed by atoms with Crippen LogP contribution in [-0.2, 0) is 16.1 Å². The number of carbonyl (C=O) groups excluding carboxylic acids is 1. The Morgan fingerprint density at radius 2 is 2.12 bits per heavy atom. The highest BCUT2D eigenvalue weighted by molar-refractivity contribution is 5.34. The quantitative estimate of drug-likeness (QED) is 0.574. The summed E-state index contributed by atoms with van der Waals surface area (Å²) < 4.78 is 5.78. The highest BCUT2D eigenvalue weighted by Gasteiger charge is 2.27. The summed E-state index contributed by atoms with van der Waals surface area (Å²) in [6.07, 6.45) is 4.72. The van der Waals surface area contributed by atoms with Crippen LogP contribution in [0.5, 0.6) is 0 Å². The SMILES string of the molecule is O=C=N[C@@H]1CCC[C@H]1OCc1ccccc1. The molecule has 1 aliphatic rings. The first-order valence-electron chi connectivity index (χ1n) is 5.62. The standard InChI is InChI=1S/C13H15NO2/c15-10-14-12-7-4-8-13(12)16-9-11-5-2-1-3-6-11/h1-3,5-6,12-13H,4,7-9H2/t12-,13-/m1/s1. The molecule has 2 rings (SSSR count). The lowest BCUT2D eigenvalue weighted by Gasteiger charge is -2.15. The van der Waals surface area contributed by atoms with Crippen LogP contribution in [0, 0.1) is 0 Å². The van der Waals surface area contributed by atoms with Crippen LogP contribution >= 0.6 is 0 Å². The molecule has 0 N–H and O–H groups in total. The van der Waals surface area contributed by atoms with Gasteiger partial charge in [-0.1, -0.05) is 30.3 Å². The van der Waals surface area contributed by atoms with E-state index in [0.29, 0.717) is 6.61 Å². The van der Waals surface area contributed by atoms with Gasteiger partial charge in [-0.2, -0.15) is 4.99 Å². The zero-order chi connectivity index (χ0) is 11.2. The first kappa shape index (κ1) is 11.1. The topological polar surface area (TPSA) is 38.7 Å². The molecule has 0 radical (unpaired) electrons. The molecular weight excluding hydrogens is 202 g/mol.